The second-order valence-electron chi connectivity index (χ2n) is 3.52. The molecule has 0 fully saturated rings. The number of nitrogens with one attached hydrogen (secondary N) is 1. The molecule has 1 N–H and O–H groups in total. The van der Waals surface area contributed by atoms with E-state index in [1.54, 1.807) is 0 Å². The molecule has 2 nitrogen and oxygen atoms in total. The molecule has 0 saturated heterocycles. The molecular weight excluding hydrogens is 224 g/mol. The van der Waals surface area contributed by atoms with Gasteiger partial charge in [0.05, 0.1) is 5.56 Å². The van der Waals surface area contributed by atoms with Crippen LogP contribution in [-0.4, -0.2) is 12.5 Å². The number of carbonyl (C=O) groups is 1. The summed E-state index contributed by atoms with van der Waals surface area (Å²) in [4.78, 5) is 11.5. The summed E-state index contributed by atoms with van der Waals surface area (Å²) in [6.07, 6.45) is 7.22. The molecule has 0 aliphatic carbocycles. The molecule has 1 amide bonds. The molecule has 0 aromatic heterocycles. The van der Waals surface area contributed by atoms with E-state index in [0.29, 0.717) is 19.4 Å². The van der Waals surface area contributed by atoms with Crippen molar-refractivity contribution in [3.05, 3.63) is 35.4 Å². The molecule has 0 atom stereocenters. The Morgan fingerprint density at radius 3 is 2.82 bits per heavy atom. The number of amides is 1. The molecule has 1 rings (SSSR count). The molecular formula is C13H13F2NO. The van der Waals surface area contributed by atoms with Crippen molar-refractivity contribution in [3.8, 4) is 12.3 Å². The van der Waals surface area contributed by atoms with Crippen molar-refractivity contribution < 1.29 is 13.6 Å². The predicted octanol–water partition coefficient (Wildman–Crippen LogP) is 2.50. The minimum Gasteiger partial charge on any atom is -0.352 e. The summed E-state index contributed by atoms with van der Waals surface area (Å²) in [6, 6.07) is 3.51. The number of rotatable bonds is 5. The summed E-state index contributed by atoms with van der Waals surface area (Å²) < 4.78 is 26.1. The Balaban J connectivity index is 2.48. The van der Waals surface area contributed by atoms with E-state index in [9.17, 15) is 13.6 Å². The van der Waals surface area contributed by atoms with E-state index in [4.69, 9.17) is 6.42 Å². The van der Waals surface area contributed by atoms with Crippen LogP contribution >= 0.6 is 0 Å². The van der Waals surface area contributed by atoms with Crippen molar-refractivity contribution in [2.24, 2.45) is 0 Å². The quantitative estimate of drug-likeness (QED) is 0.618. The van der Waals surface area contributed by atoms with Crippen molar-refractivity contribution in [3.63, 3.8) is 0 Å². The van der Waals surface area contributed by atoms with E-state index < -0.39 is 17.5 Å². The van der Waals surface area contributed by atoms with Crippen LogP contribution < -0.4 is 5.32 Å². The van der Waals surface area contributed by atoms with Crippen LogP contribution in [-0.2, 0) is 0 Å². The normalized spacial score (nSPS) is 9.71. The van der Waals surface area contributed by atoms with Gasteiger partial charge in [-0.15, -0.1) is 12.3 Å². The van der Waals surface area contributed by atoms with Crippen molar-refractivity contribution in [2.45, 2.75) is 19.3 Å². The maximum Gasteiger partial charge on any atom is 0.254 e. The molecule has 0 unspecified atom stereocenters. The Labute approximate surface area is 99.0 Å². The van der Waals surface area contributed by atoms with E-state index in [1.165, 1.54) is 12.1 Å². The molecule has 0 heterocycles. The SMILES string of the molecule is C#CCCCCNC(=O)c1cccc(F)c1F. The highest BCUT2D eigenvalue weighted by atomic mass is 19.2. The van der Waals surface area contributed by atoms with Gasteiger partial charge < -0.3 is 5.32 Å². The third-order valence-electron chi connectivity index (χ3n) is 2.23. The van der Waals surface area contributed by atoms with E-state index in [2.05, 4.69) is 11.2 Å². The van der Waals surface area contributed by atoms with Crippen LogP contribution in [0.3, 0.4) is 0 Å². The topological polar surface area (TPSA) is 29.1 Å². The molecule has 0 aliphatic heterocycles. The Bertz CT molecular complexity index is 438. The fourth-order valence-electron chi connectivity index (χ4n) is 1.33. The average Bonchev–Trinajstić information content (AvgIpc) is 2.32. The fraction of sp³-hybridized carbons (Fsp3) is 0.308. The number of hydrogen-bond acceptors (Lipinski definition) is 1. The summed E-state index contributed by atoms with van der Waals surface area (Å²) in [5, 5.41) is 2.51. The molecule has 4 heteroatoms. The first kappa shape index (κ1) is 13.2. The predicted molar refractivity (Wildman–Crippen MR) is 61.4 cm³/mol. The third-order valence-corrected chi connectivity index (χ3v) is 2.23. The molecule has 1 aromatic rings. The van der Waals surface area contributed by atoms with Gasteiger partial charge in [-0.1, -0.05) is 6.07 Å². The van der Waals surface area contributed by atoms with Gasteiger partial charge in [0.1, 0.15) is 0 Å². The van der Waals surface area contributed by atoms with Crippen LogP contribution in [0, 0.1) is 24.0 Å². The second-order valence-corrected chi connectivity index (χ2v) is 3.52. The minimum absolute atomic E-state index is 0.276. The van der Waals surface area contributed by atoms with Crippen LogP contribution in [0.5, 0.6) is 0 Å². The van der Waals surface area contributed by atoms with Crippen LogP contribution in [0.1, 0.15) is 29.6 Å². The number of carbonyl (C=O) groups excluding carboxylic acids is 1. The van der Waals surface area contributed by atoms with E-state index in [0.717, 1.165) is 12.5 Å². The maximum absolute atomic E-state index is 13.2. The van der Waals surface area contributed by atoms with Gasteiger partial charge in [-0.25, -0.2) is 8.78 Å². The summed E-state index contributed by atoms with van der Waals surface area (Å²) in [7, 11) is 0. The van der Waals surface area contributed by atoms with Crippen molar-refractivity contribution >= 4 is 5.91 Å². The van der Waals surface area contributed by atoms with Gasteiger partial charge in [-0.2, -0.15) is 0 Å². The molecule has 90 valence electrons. The lowest BCUT2D eigenvalue weighted by molar-refractivity contribution is 0.0948. The lowest BCUT2D eigenvalue weighted by atomic mass is 10.2. The zero-order valence-corrected chi connectivity index (χ0v) is 9.30. The number of unbranched alkanes of at least 4 members (excludes halogenated alkanes) is 2. The fourth-order valence-corrected chi connectivity index (χ4v) is 1.33. The Kier molecular flexibility index (Phi) is 5.15. The van der Waals surface area contributed by atoms with E-state index in [-0.39, 0.29) is 5.56 Å². The number of terminal acetylenes is 1. The average molecular weight is 237 g/mol. The second kappa shape index (κ2) is 6.64. The largest absolute Gasteiger partial charge is 0.352 e. The molecule has 1 aromatic carbocycles. The van der Waals surface area contributed by atoms with Crippen molar-refractivity contribution in [1.82, 2.24) is 5.32 Å². The van der Waals surface area contributed by atoms with Gasteiger partial charge in [0.2, 0.25) is 0 Å². The number of benzene rings is 1. The highest BCUT2D eigenvalue weighted by Crippen LogP contribution is 2.10. The number of hydrogen-bond donors (Lipinski definition) is 1. The van der Waals surface area contributed by atoms with Gasteiger partial charge >= 0.3 is 0 Å². The Morgan fingerprint density at radius 1 is 1.35 bits per heavy atom. The third kappa shape index (κ3) is 3.87. The van der Waals surface area contributed by atoms with Gasteiger partial charge in [0.25, 0.3) is 5.91 Å². The van der Waals surface area contributed by atoms with Crippen LogP contribution in [0.2, 0.25) is 0 Å². The lowest BCUT2D eigenvalue weighted by Crippen LogP contribution is -2.25. The summed E-state index contributed by atoms with van der Waals surface area (Å²) in [6.45, 7) is 0.399. The lowest BCUT2D eigenvalue weighted by Gasteiger charge is -2.05. The monoisotopic (exact) mass is 237 g/mol. The number of halogens is 2. The van der Waals surface area contributed by atoms with Crippen molar-refractivity contribution in [1.29, 1.82) is 0 Å². The molecule has 0 radical (unpaired) electrons. The Hall–Kier alpha value is -1.89. The van der Waals surface area contributed by atoms with Crippen LogP contribution in [0.25, 0.3) is 0 Å². The van der Waals surface area contributed by atoms with Crippen LogP contribution in [0.4, 0.5) is 8.78 Å². The minimum atomic E-state index is -1.12. The first-order chi connectivity index (χ1) is 8.16. The van der Waals surface area contributed by atoms with Gasteiger partial charge in [-0.05, 0) is 25.0 Å². The molecule has 0 saturated carbocycles. The summed E-state index contributed by atoms with van der Waals surface area (Å²) >= 11 is 0. The first-order valence-electron chi connectivity index (χ1n) is 5.32. The highest BCUT2D eigenvalue weighted by Gasteiger charge is 2.13. The first-order valence-corrected chi connectivity index (χ1v) is 5.32. The Morgan fingerprint density at radius 2 is 2.12 bits per heavy atom. The van der Waals surface area contributed by atoms with Crippen molar-refractivity contribution in [2.75, 3.05) is 6.54 Å². The van der Waals surface area contributed by atoms with Crippen LogP contribution in [0.15, 0.2) is 18.2 Å². The standard InChI is InChI=1S/C13H13F2NO/c1-2-3-4-5-9-16-13(17)10-7-6-8-11(14)12(10)15/h1,6-8H,3-5,9H2,(H,16,17). The van der Waals surface area contributed by atoms with E-state index in [1.807, 2.05) is 0 Å². The smallest absolute Gasteiger partial charge is 0.254 e. The van der Waals surface area contributed by atoms with Gasteiger partial charge in [0, 0.05) is 13.0 Å². The summed E-state index contributed by atoms with van der Waals surface area (Å²) in [5.74, 6) is -0.267. The molecule has 0 bridgehead atoms. The zero-order valence-electron chi connectivity index (χ0n) is 9.30. The van der Waals surface area contributed by atoms with Gasteiger partial charge in [-0.3, -0.25) is 4.79 Å². The molecule has 17 heavy (non-hydrogen) atoms. The highest BCUT2D eigenvalue weighted by molar-refractivity contribution is 5.94. The zero-order chi connectivity index (χ0) is 12.7. The van der Waals surface area contributed by atoms with E-state index >= 15 is 0 Å². The summed E-state index contributed by atoms with van der Waals surface area (Å²) in [5.41, 5.74) is -0.276. The maximum atomic E-state index is 13.2. The molecule has 0 spiro atoms. The molecule has 0 aliphatic rings. The van der Waals surface area contributed by atoms with Gasteiger partial charge in [0.15, 0.2) is 11.6 Å².